The number of aromatic nitrogens is 3. The molecule has 0 amide bonds. The Kier molecular flexibility index (Phi) is 7.66. The van der Waals surface area contributed by atoms with Crippen LogP contribution in [0.3, 0.4) is 0 Å². The van der Waals surface area contributed by atoms with Gasteiger partial charge in [0.1, 0.15) is 5.82 Å². The number of aryl methyl sites for hydroxylation is 1. The van der Waals surface area contributed by atoms with Crippen molar-refractivity contribution in [3.05, 3.63) is 108 Å². The zero-order chi connectivity index (χ0) is 27.3. The minimum absolute atomic E-state index is 0. The van der Waals surface area contributed by atoms with Gasteiger partial charge in [0.05, 0.1) is 17.1 Å². The third-order valence-corrected chi connectivity index (χ3v) is 7.55. The van der Waals surface area contributed by atoms with Crippen LogP contribution in [0, 0.1) is 13.0 Å². The van der Waals surface area contributed by atoms with Crippen LogP contribution in [-0.4, -0.2) is 19.6 Å². The molecule has 0 spiro atoms. The molecular weight excluding hydrogens is 673 g/mol. The van der Waals surface area contributed by atoms with E-state index in [1.165, 1.54) is 10.9 Å². The van der Waals surface area contributed by atoms with E-state index in [0.717, 1.165) is 55.9 Å². The monoisotopic (exact) mass is 705 g/mol. The Morgan fingerprint density at radius 1 is 0.800 bits per heavy atom. The molecule has 5 heteroatoms. The van der Waals surface area contributed by atoms with E-state index in [1.54, 1.807) is 6.20 Å². The fraction of sp³-hybridized carbons (Fsp3) is 0.200. The van der Waals surface area contributed by atoms with Gasteiger partial charge < -0.3 is 9.67 Å². The average molecular weight is 706 g/mol. The van der Waals surface area contributed by atoms with Crippen LogP contribution < -0.4 is 0 Å². The van der Waals surface area contributed by atoms with E-state index < -0.39 is 0 Å². The number of hydrogen-bond donors (Lipinski definition) is 1. The van der Waals surface area contributed by atoms with Crippen LogP contribution in [0.1, 0.15) is 56.2 Å². The molecule has 204 valence electrons. The number of rotatable bonds is 5. The molecule has 0 aliphatic rings. The van der Waals surface area contributed by atoms with Crippen molar-refractivity contribution in [1.29, 1.82) is 0 Å². The Bertz CT molecular complexity index is 1840. The maximum atomic E-state index is 11.1. The number of benzene rings is 3. The molecule has 0 unspecified atom stereocenters. The van der Waals surface area contributed by atoms with Crippen LogP contribution in [-0.2, 0) is 21.1 Å². The Morgan fingerprint density at radius 3 is 2.30 bits per heavy atom. The van der Waals surface area contributed by atoms with Gasteiger partial charge in [-0.25, -0.2) is 4.98 Å². The van der Waals surface area contributed by atoms with E-state index in [9.17, 15) is 5.11 Å². The van der Waals surface area contributed by atoms with Gasteiger partial charge in [-0.1, -0.05) is 87.0 Å². The number of nitrogens with zero attached hydrogens (tertiary/aromatic N) is 3. The smallest absolute Gasteiger partial charge is 0.136 e. The van der Waals surface area contributed by atoms with Crippen LogP contribution in [0.5, 0.6) is 5.75 Å². The van der Waals surface area contributed by atoms with Crippen molar-refractivity contribution in [2.75, 3.05) is 0 Å². The third-order valence-electron chi connectivity index (χ3n) is 7.55. The van der Waals surface area contributed by atoms with Crippen LogP contribution in [0.25, 0.3) is 50.1 Å². The second-order valence-corrected chi connectivity index (χ2v) is 10.9. The maximum absolute atomic E-state index is 11.1. The van der Waals surface area contributed by atoms with Crippen molar-refractivity contribution in [3.8, 4) is 34.1 Å². The van der Waals surface area contributed by atoms with Gasteiger partial charge in [-0.15, -0.1) is 23.3 Å². The molecular formula is C35H32N3OPt-. The number of para-hydroxylation sites is 1. The molecule has 0 atom stereocenters. The molecule has 1 N–H and O–H groups in total. The van der Waals surface area contributed by atoms with Gasteiger partial charge in [0.2, 0.25) is 0 Å². The summed E-state index contributed by atoms with van der Waals surface area (Å²) in [7, 11) is 0. The summed E-state index contributed by atoms with van der Waals surface area (Å²) in [6.07, 6.45) is 1.79. The standard InChI is InChI=1S/C35H32N3O.Pt/c1-21(2)24-15-16-32-28(18-24)29-19-26(22(3)4)27(25-11-8-10-23(5)35(25)39)20-33(29)38(32)34-14-9-13-31(37-34)30-12-6-7-17-36-30;/h6-19,21-22,39H,1-5H3;/q-1;. The minimum atomic E-state index is 0. The van der Waals surface area contributed by atoms with Gasteiger partial charge in [0.25, 0.3) is 0 Å². The predicted octanol–water partition coefficient (Wildman–Crippen LogP) is 8.97. The molecule has 3 aromatic carbocycles. The summed E-state index contributed by atoms with van der Waals surface area (Å²) < 4.78 is 2.20. The molecule has 0 saturated heterocycles. The van der Waals surface area contributed by atoms with Crippen molar-refractivity contribution >= 4 is 21.8 Å². The van der Waals surface area contributed by atoms with Crippen molar-refractivity contribution in [2.45, 2.75) is 46.5 Å². The number of pyridine rings is 2. The first-order chi connectivity index (χ1) is 18.8. The molecule has 0 aliphatic heterocycles. The summed E-state index contributed by atoms with van der Waals surface area (Å²) in [6.45, 7) is 10.8. The van der Waals surface area contributed by atoms with Gasteiger partial charge in [0, 0.05) is 32.8 Å². The van der Waals surface area contributed by atoms with E-state index in [2.05, 4.69) is 67.6 Å². The van der Waals surface area contributed by atoms with E-state index in [4.69, 9.17) is 4.98 Å². The number of phenols is 1. The topological polar surface area (TPSA) is 50.9 Å². The summed E-state index contributed by atoms with van der Waals surface area (Å²) in [5.74, 6) is 1.77. The first-order valence-electron chi connectivity index (χ1n) is 13.6. The normalized spacial score (nSPS) is 11.5. The molecule has 6 aromatic rings. The van der Waals surface area contributed by atoms with Gasteiger partial charge >= 0.3 is 0 Å². The van der Waals surface area contributed by atoms with E-state index >= 15 is 0 Å². The molecule has 4 nitrogen and oxygen atoms in total. The average Bonchev–Trinajstić information content (AvgIpc) is 3.27. The molecule has 0 radical (unpaired) electrons. The van der Waals surface area contributed by atoms with E-state index in [0.29, 0.717) is 11.7 Å². The summed E-state index contributed by atoms with van der Waals surface area (Å²) in [5.41, 5.74) is 8.70. The first kappa shape index (κ1) is 27.8. The van der Waals surface area contributed by atoms with Gasteiger partial charge in [-0.2, -0.15) is 0 Å². The Balaban J connectivity index is 0.00000323. The quantitative estimate of drug-likeness (QED) is 0.182. The van der Waals surface area contributed by atoms with E-state index in [-0.39, 0.29) is 27.0 Å². The third kappa shape index (κ3) is 4.75. The van der Waals surface area contributed by atoms with Gasteiger partial charge in [-0.3, -0.25) is 4.98 Å². The van der Waals surface area contributed by atoms with Crippen LogP contribution in [0.2, 0.25) is 0 Å². The number of hydrogen-bond acceptors (Lipinski definition) is 3. The molecule has 0 saturated carbocycles. The largest absolute Gasteiger partial charge is 0.517 e. The molecule has 6 rings (SSSR count). The molecule has 0 bridgehead atoms. The molecule has 0 aliphatic carbocycles. The molecule has 40 heavy (non-hydrogen) atoms. The first-order valence-corrected chi connectivity index (χ1v) is 13.6. The molecule has 3 heterocycles. The fourth-order valence-corrected chi connectivity index (χ4v) is 5.36. The zero-order valence-corrected chi connectivity index (χ0v) is 25.6. The summed E-state index contributed by atoms with van der Waals surface area (Å²) in [5, 5.41) is 13.4. The molecule has 0 fully saturated rings. The van der Waals surface area contributed by atoms with Gasteiger partial charge in [-0.05, 0) is 65.2 Å². The van der Waals surface area contributed by atoms with Crippen molar-refractivity contribution < 1.29 is 26.2 Å². The Morgan fingerprint density at radius 2 is 1.57 bits per heavy atom. The Labute approximate surface area is 250 Å². The number of aromatic hydroxyl groups is 1. The summed E-state index contributed by atoms with van der Waals surface area (Å²) in [6, 6.07) is 30.6. The number of phenolic OH excluding ortho intramolecular Hbond substituents is 1. The summed E-state index contributed by atoms with van der Waals surface area (Å²) in [4.78, 5) is 9.59. The second-order valence-electron chi connectivity index (χ2n) is 10.9. The van der Waals surface area contributed by atoms with Crippen molar-refractivity contribution in [3.63, 3.8) is 0 Å². The fourth-order valence-electron chi connectivity index (χ4n) is 5.36. The van der Waals surface area contributed by atoms with Crippen LogP contribution in [0.15, 0.2) is 85.1 Å². The Hall–Kier alpha value is -3.75. The van der Waals surface area contributed by atoms with Crippen molar-refractivity contribution in [1.82, 2.24) is 14.5 Å². The zero-order valence-electron chi connectivity index (χ0n) is 23.3. The van der Waals surface area contributed by atoms with Crippen molar-refractivity contribution in [2.24, 2.45) is 0 Å². The number of fused-ring (bicyclic) bond motifs is 3. The second kappa shape index (κ2) is 11.0. The minimum Gasteiger partial charge on any atom is -0.517 e. The van der Waals surface area contributed by atoms with Crippen LogP contribution >= 0.6 is 0 Å². The summed E-state index contributed by atoms with van der Waals surface area (Å²) >= 11 is 0. The maximum Gasteiger partial charge on any atom is 0.136 e. The van der Waals surface area contributed by atoms with E-state index in [1.807, 2.05) is 61.5 Å². The predicted molar refractivity (Wildman–Crippen MR) is 161 cm³/mol. The molecule has 3 aromatic heterocycles. The SMILES string of the molecule is Cc1cccc(-c2[c-]c3c(cc2C(C)C)c2cc(C(C)C)ccc2n3-c2cccc(-c3ccccn3)n2)c1O.[Pt]. The van der Waals surface area contributed by atoms with Gasteiger partial charge in [0.15, 0.2) is 0 Å². The van der Waals surface area contributed by atoms with Crippen LogP contribution in [0.4, 0.5) is 0 Å².